The normalized spacial score (nSPS) is 12.0. The maximum Gasteiger partial charge on any atom is 0.347 e. The zero-order chi connectivity index (χ0) is 20.1. The smallest absolute Gasteiger partial charge is 0.347 e. The van der Waals surface area contributed by atoms with E-state index in [1.54, 1.807) is 4.40 Å². The summed E-state index contributed by atoms with van der Waals surface area (Å²) in [7, 11) is 0. The molecule has 146 valence electrons. The lowest BCUT2D eigenvalue weighted by molar-refractivity contribution is -0.646. The minimum Gasteiger partial charge on any atom is -0.494 e. The van der Waals surface area contributed by atoms with Gasteiger partial charge in [0.05, 0.1) is 24.0 Å². The molecule has 0 aliphatic carbocycles. The highest BCUT2D eigenvalue weighted by Gasteiger charge is 2.27. The van der Waals surface area contributed by atoms with Crippen LogP contribution in [0.5, 0.6) is 5.75 Å². The highest BCUT2D eigenvalue weighted by Crippen LogP contribution is 2.31. The van der Waals surface area contributed by atoms with E-state index in [4.69, 9.17) is 4.74 Å². The largest absolute Gasteiger partial charge is 0.494 e. The van der Waals surface area contributed by atoms with E-state index in [0.717, 1.165) is 50.4 Å². The number of pyridine rings is 1. The number of aliphatic hydroxyl groups excluding tert-OH is 1. The van der Waals surface area contributed by atoms with Crippen LogP contribution >= 0.6 is 0 Å². The van der Waals surface area contributed by atoms with E-state index in [9.17, 15) is 9.90 Å². The number of aliphatic hydroxyl groups is 1. The van der Waals surface area contributed by atoms with E-state index in [0.29, 0.717) is 13.2 Å². The van der Waals surface area contributed by atoms with Crippen molar-refractivity contribution in [2.75, 3.05) is 13.2 Å². The van der Waals surface area contributed by atoms with Crippen LogP contribution in [0.1, 0.15) is 19.4 Å². The Labute approximate surface area is 167 Å². The van der Waals surface area contributed by atoms with Crippen molar-refractivity contribution in [1.29, 1.82) is 0 Å². The summed E-state index contributed by atoms with van der Waals surface area (Å²) in [6.07, 6.45) is 0.908. The summed E-state index contributed by atoms with van der Waals surface area (Å²) in [6, 6.07) is 16.0. The number of aryl methyl sites for hydroxylation is 1. The minimum atomic E-state index is -0.0401. The standard InChI is InChI=1S/C24H23N2O3/c1-3-15-8-10-19-22-17(15)6-5-7-18(22)23-25(12-13-27)20-11-9-16(29-4-2)14-21(20)26(23)24(19)28/h5-11,14,27H,3-4,12-13H2,1-2H3/q+1. The van der Waals surface area contributed by atoms with Crippen molar-refractivity contribution in [3.8, 4) is 5.75 Å². The molecule has 0 bridgehead atoms. The van der Waals surface area contributed by atoms with Crippen molar-refractivity contribution in [2.45, 2.75) is 26.8 Å². The van der Waals surface area contributed by atoms with Gasteiger partial charge in [-0.15, -0.1) is 0 Å². The first-order chi connectivity index (χ1) is 14.2. The second kappa shape index (κ2) is 6.71. The highest BCUT2D eigenvalue weighted by molar-refractivity contribution is 6.15. The molecular formula is C24H23N2O3+. The zero-order valence-electron chi connectivity index (χ0n) is 16.6. The molecule has 3 aromatic carbocycles. The molecule has 1 N–H and O–H groups in total. The molecule has 0 fully saturated rings. The molecule has 0 atom stereocenters. The van der Waals surface area contributed by atoms with Gasteiger partial charge in [-0.1, -0.05) is 25.1 Å². The number of ether oxygens (including phenoxy) is 1. The molecule has 5 rings (SSSR count). The van der Waals surface area contributed by atoms with Crippen LogP contribution in [0, 0.1) is 0 Å². The molecule has 29 heavy (non-hydrogen) atoms. The van der Waals surface area contributed by atoms with Crippen LogP contribution in [-0.4, -0.2) is 22.7 Å². The van der Waals surface area contributed by atoms with Gasteiger partial charge in [0.2, 0.25) is 0 Å². The maximum atomic E-state index is 13.6. The monoisotopic (exact) mass is 387 g/mol. The number of aromatic nitrogens is 2. The average molecular weight is 387 g/mol. The van der Waals surface area contributed by atoms with Gasteiger partial charge in [-0.3, -0.25) is 0 Å². The molecule has 2 heterocycles. The number of rotatable bonds is 5. The summed E-state index contributed by atoms with van der Waals surface area (Å²) in [5.74, 6) is 0.731. The molecule has 0 radical (unpaired) electrons. The van der Waals surface area contributed by atoms with Gasteiger partial charge in [0, 0.05) is 11.5 Å². The van der Waals surface area contributed by atoms with E-state index in [1.165, 1.54) is 5.56 Å². The molecule has 0 aliphatic rings. The van der Waals surface area contributed by atoms with Crippen LogP contribution in [0.4, 0.5) is 0 Å². The van der Waals surface area contributed by atoms with Crippen LogP contribution in [0.3, 0.4) is 0 Å². The number of nitrogens with zero attached hydrogens (tertiary/aromatic N) is 2. The Morgan fingerprint density at radius 3 is 2.62 bits per heavy atom. The summed E-state index contributed by atoms with van der Waals surface area (Å²) in [5, 5.41) is 13.6. The maximum absolute atomic E-state index is 13.6. The molecule has 0 amide bonds. The van der Waals surface area contributed by atoms with Gasteiger partial charge in [0.25, 0.3) is 5.65 Å². The van der Waals surface area contributed by atoms with E-state index in [1.807, 2.05) is 41.8 Å². The van der Waals surface area contributed by atoms with Crippen molar-refractivity contribution in [2.24, 2.45) is 0 Å². The summed E-state index contributed by atoms with van der Waals surface area (Å²) >= 11 is 0. The topological polar surface area (TPSA) is 54.8 Å². The Kier molecular flexibility index (Phi) is 4.14. The van der Waals surface area contributed by atoms with E-state index in [2.05, 4.69) is 25.1 Å². The first kappa shape index (κ1) is 17.9. The summed E-state index contributed by atoms with van der Waals surface area (Å²) < 4.78 is 9.50. The van der Waals surface area contributed by atoms with Gasteiger partial charge < -0.3 is 9.84 Å². The predicted octanol–water partition coefficient (Wildman–Crippen LogP) is 3.44. The Bertz CT molecular complexity index is 1440. The van der Waals surface area contributed by atoms with Gasteiger partial charge in [-0.25, -0.2) is 9.36 Å². The molecule has 0 saturated heterocycles. The number of hydrogen-bond donors (Lipinski definition) is 1. The van der Waals surface area contributed by atoms with Crippen molar-refractivity contribution in [1.82, 2.24) is 4.40 Å². The molecule has 5 nitrogen and oxygen atoms in total. The van der Waals surface area contributed by atoms with Crippen LogP contribution in [0.2, 0.25) is 0 Å². The van der Waals surface area contributed by atoms with Crippen LogP contribution in [-0.2, 0) is 13.0 Å². The molecule has 5 aromatic rings. The lowest BCUT2D eigenvalue weighted by Gasteiger charge is -2.08. The van der Waals surface area contributed by atoms with Crippen molar-refractivity contribution < 1.29 is 14.4 Å². The average Bonchev–Trinajstić information content (AvgIpc) is 3.06. The van der Waals surface area contributed by atoms with E-state index in [-0.39, 0.29) is 12.2 Å². The predicted molar refractivity (Wildman–Crippen MR) is 115 cm³/mol. The zero-order valence-corrected chi connectivity index (χ0v) is 16.6. The van der Waals surface area contributed by atoms with Gasteiger partial charge >= 0.3 is 5.56 Å². The number of hydrogen-bond acceptors (Lipinski definition) is 3. The third kappa shape index (κ3) is 2.44. The molecule has 0 spiro atoms. The summed E-state index contributed by atoms with van der Waals surface area (Å²) in [6.45, 7) is 5.05. The molecule has 0 saturated carbocycles. The molecular weight excluding hydrogens is 364 g/mol. The molecule has 2 aromatic heterocycles. The summed E-state index contributed by atoms with van der Waals surface area (Å²) in [4.78, 5) is 13.6. The van der Waals surface area contributed by atoms with Crippen molar-refractivity contribution in [3.05, 3.63) is 64.4 Å². The fraction of sp³-hybridized carbons (Fsp3) is 0.250. The van der Waals surface area contributed by atoms with Gasteiger partial charge in [-0.05, 0) is 48.6 Å². The number of benzene rings is 3. The lowest BCUT2D eigenvalue weighted by atomic mass is 9.97. The second-order valence-corrected chi connectivity index (χ2v) is 7.28. The first-order valence-electron chi connectivity index (χ1n) is 10.1. The van der Waals surface area contributed by atoms with Crippen LogP contribution in [0.25, 0.3) is 38.2 Å². The number of fused-ring (bicyclic) bond motifs is 4. The Hall–Kier alpha value is -3.18. The van der Waals surface area contributed by atoms with Crippen molar-refractivity contribution in [3.63, 3.8) is 0 Å². The van der Waals surface area contributed by atoms with Crippen LogP contribution < -0.4 is 14.9 Å². The van der Waals surface area contributed by atoms with Crippen LogP contribution in [0.15, 0.2) is 53.3 Å². The third-order valence-electron chi connectivity index (χ3n) is 5.77. The summed E-state index contributed by atoms with van der Waals surface area (Å²) in [5.41, 5.74) is 3.72. The van der Waals surface area contributed by atoms with E-state index >= 15 is 0 Å². The van der Waals surface area contributed by atoms with E-state index < -0.39 is 0 Å². The number of imidazole rings is 1. The first-order valence-corrected chi connectivity index (χ1v) is 10.1. The molecule has 0 aliphatic heterocycles. The minimum absolute atomic E-state index is 0.00395. The van der Waals surface area contributed by atoms with Crippen molar-refractivity contribution >= 4 is 38.2 Å². The Morgan fingerprint density at radius 1 is 1.03 bits per heavy atom. The second-order valence-electron chi connectivity index (χ2n) is 7.28. The van der Waals surface area contributed by atoms with Gasteiger partial charge in [-0.2, -0.15) is 4.40 Å². The fourth-order valence-corrected chi connectivity index (χ4v) is 4.57. The Balaban J connectivity index is 2.07. The van der Waals surface area contributed by atoms with Gasteiger partial charge in [0.1, 0.15) is 12.3 Å². The quantitative estimate of drug-likeness (QED) is 0.470. The molecule has 5 heteroatoms. The highest BCUT2D eigenvalue weighted by atomic mass is 16.5. The van der Waals surface area contributed by atoms with Gasteiger partial charge in [0.15, 0.2) is 11.0 Å². The lowest BCUT2D eigenvalue weighted by Crippen LogP contribution is -2.36. The molecule has 0 unspecified atom stereocenters. The Morgan fingerprint density at radius 2 is 1.86 bits per heavy atom. The fourth-order valence-electron chi connectivity index (χ4n) is 4.57. The third-order valence-corrected chi connectivity index (χ3v) is 5.77. The SMILES string of the molecule is CCOc1ccc2c(c1)n1c(=O)c3ccc(CC)c4cccc(c43)c1[n+]2CCO.